The van der Waals surface area contributed by atoms with E-state index in [1.807, 2.05) is 49.0 Å². The number of benzene rings is 1. The number of aryl methyl sites for hydroxylation is 1. The van der Waals surface area contributed by atoms with Crippen LogP contribution in [0.25, 0.3) is 21.4 Å². The molecule has 0 bridgehead atoms. The van der Waals surface area contributed by atoms with Gasteiger partial charge < -0.3 is 14.6 Å². The van der Waals surface area contributed by atoms with Crippen molar-refractivity contribution in [2.24, 2.45) is 7.05 Å². The van der Waals surface area contributed by atoms with E-state index >= 15 is 0 Å². The van der Waals surface area contributed by atoms with Crippen LogP contribution in [0.2, 0.25) is 0 Å². The molecule has 0 spiro atoms. The van der Waals surface area contributed by atoms with Gasteiger partial charge in [-0.25, -0.2) is 9.97 Å². The summed E-state index contributed by atoms with van der Waals surface area (Å²) in [6.07, 6.45) is 1.77. The van der Waals surface area contributed by atoms with Crippen molar-refractivity contribution in [3.05, 3.63) is 42.2 Å². The maximum atomic E-state index is 5.83. The highest BCUT2D eigenvalue weighted by molar-refractivity contribution is 7.20. The summed E-state index contributed by atoms with van der Waals surface area (Å²) in [7, 11) is 3.80. The molecule has 0 aliphatic carbocycles. The molecule has 4 rings (SSSR count). The number of aromatic nitrogens is 4. The molecule has 3 aromatic heterocycles. The Labute approximate surface area is 136 Å². The Bertz CT molecular complexity index is 976. The van der Waals surface area contributed by atoms with Gasteiger partial charge in [-0.1, -0.05) is 41.7 Å². The van der Waals surface area contributed by atoms with Crippen LogP contribution in [0.1, 0.15) is 5.56 Å². The molecule has 1 N–H and O–H groups in total. The van der Waals surface area contributed by atoms with Crippen LogP contribution in [0.4, 0.5) is 5.82 Å². The number of hydrogen-bond donors (Lipinski definition) is 1. The van der Waals surface area contributed by atoms with E-state index in [0.717, 1.165) is 32.8 Å². The highest BCUT2D eigenvalue weighted by Gasteiger charge is 2.16. The van der Waals surface area contributed by atoms with Crippen LogP contribution in [0.5, 0.6) is 5.19 Å². The lowest BCUT2D eigenvalue weighted by atomic mass is 10.2. The van der Waals surface area contributed by atoms with Crippen molar-refractivity contribution < 1.29 is 4.74 Å². The van der Waals surface area contributed by atoms with E-state index in [4.69, 9.17) is 4.74 Å². The van der Waals surface area contributed by atoms with E-state index in [9.17, 15) is 0 Å². The van der Waals surface area contributed by atoms with E-state index in [0.29, 0.717) is 11.8 Å². The van der Waals surface area contributed by atoms with Crippen molar-refractivity contribution in [1.82, 2.24) is 19.5 Å². The first-order valence-electron chi connectivity index (χ1n) is 7.22. The van der Waals surface area contributed by atoms with Crippen molar-refractivity contribution in [2.45, 2.75) is 6.61 Å². The lowest BCUT2D eigenvalue weighted by molar-refractivity contribution is 0.305. The van der Waals surface area contributed by atoms with Gasteiger partial charge in [0.25, 0.3) is 5.19 Å². The number of imidazole rings is 1. The predicted molar refractivity (Wildman–Crippen MR) is 92.0 cm³/mol. The zero-order valence-corrected chi connectivity index (χ0v) is 13.6. The Morgan fingerprint density at radius 2 is 2.00 bits per heavy atom. The number of rotatable bonds is 4. The van der Waals surface area contributed by atoms with Crippen molar-refractivity contribution in [3.8, 4) is 5.19 Å². The second kappa shape index (κ2) is 5.51. The number of hydrogen-bond acceptors (Lipinski definition) is 6. The van der Waals surface area contributed by atoms with Crippen molar-refractivity contribution in [3.63, 3.8) is 0 Å². The van der Waals surface area contributed by atoms with E-state index < -0.39 is 0 Å². The molecule has 0 atom stereocenters. The Kier molecular flexibility index (Phi) is 3.34. The quantitative estimate of drug-likeness (QED) is 0.624. The van der Waals surface area contributed by atoms with Crippen LogP contribution >= 0.6 is 11.3 Å². The number of fused-ring (bicyclic) bond motifs is 3. The summed E-state index contributed by atoms with van der Waals surface area (Å²) in [5.41, 5.74) is 3.72. The molecule has 3 heterocycles. The Morgan fingerprint density at radius 3 is 2.78 bits per heavy atom. The fourth-order valence-electron chi connectivity index (χ4n) is 2.52. The fraction of sp³-hybridized carbons (Fsp3) is 0.188. The Morgan fingerprint density at radius 1 is 1.17 bits per heavy atom. The zero-order chi connectivity index (χ0) is 15.8. The number of nitrogens with zero attached hydrogens (tertiary/aromatic N) is 4. The van der Waals surface area contributed by atoms with Gasteiger partial charge in [0.05, 0.1) is 6.33 Å². The summed E-state index contributed by atoms with van der Waals surface area (Å²) in [5.74, 6) is 0.756. The molecule has 0 saturated heterocycles. The number of nitrogens with one attached hydrogen (secondary N) is 1. The van der Waals surface area contributed by atoms with Gasteiger partial charge in [-0.15, -0.1) is 0 Å². The molecule has 116 valence electrons. The minimum atomic E-state index is 0.494. The standard InChI is InChI=1S/C16H15N5OS/c1-17-14-11-13(21(2)9-18-11)12-15(20-14)23-16(19-12)22-8-10-6-4-3-5-7-10/h3-7,9H,8H2,1-2H3,(H,17,20). The number of thiazole rings is 1. The van der Waals surface area contributed by atoms with E-state index in [-0.39, 0.29) is 0 Å². The molecule has 0 saturated carbocycles. The van der Waals surface area contributed by atoms with E-state index in [2.05, 4.69) is 20.3 Å². The Balaban J connectivity index is 1.75. The van der Waals surface area contributed by atoms with E-state index in [1.54, 1.807) is 6.33 Å². The van der Waals surface area contributed by atoms with Gasteiger partial charge in [-0.3, -0.25) is 0 Å². The molecule has 0 amide bonds. The third-order valence-electron chi connectivity index (χ3n) is 3.63. The molecule has 7 heteroatoms. The minimum Gasteiger partial charge on any atom is -0.465 e. The smallest absolute Gasteiger partial charge is 0.276 e. The molecular weight excluding hydrogens is 310 g/mol. The van der Waals surface area contributed by atoms with Crippen LogP contribution < -0.4 is 10.1 Å². The first-order valence-corrected chi connectivity index (χ1v) is 8.04. The van der Waals surface area contributed by atoms with Crippen molar-refractivity contribution in [2.75, 3.05) is 12.4 Å². The van der Waals surface area contributed by atoms with Crippen molar-refractivity contribution >= 4 is 38.5 Å². The van der Waals surface area contributed by atoms with Gasteiger partial charge in [0.2, 0.25) is 0 Å². The second-order valence-corrected chi connectivity index (χ2v) is 6.11. The molecule has 6 nitrogen and oxygen atoms in total. The first-order chi connectivity index (χ1) is 11.3. The van der Waals surface area contributed by atoms with Crippen LogP contribution in [-0.2, 0) is 13.7 Å². The van der Waals surface area contributed by atoms with Crippen LogP contribution in [-0.4, -0.2) is 26.6 Å². The predicted octanol–water partition coefficient (Wildman–Crippen LogP) is 3.20. The molecule has 0 unspecified atom stereocenters. The largest absolute Gasteiger partial charge is 0.465 e. The number of ether oxygens (including phenoxy) is 1. The summed E-state index contributed by atoms with van der Waals surface area (Å²) >= 11 is 1.45. The summed E-state index contributed by atoms with van der Waals surface area (Å²) in [5, 5.41) is 3.71. The molecule has 0 fully saturated rings. The van der Waals surface area contributed by atoms with Crippen LogP contribution in [0, 0.1) is 0 Å². The normalized spacial score (nSPS) is 11.2. The third-order valence-corrected chi connectivity index (χ3v) is 4.49. The third kappa shape index (κ3) is 2.39. The van der Waals surface area contributed by atoms with Crippen LogP contribution in [0.3, 0.4) is 0 Å². The maximum absolute atomic E-state index is 5.83. The molecule has 0 aliphatic heterocycles. The Hall–Kier alpha value is -2.67. The molecule has 1 aromatic carbocycles. The summed E-state index contributed by atoms with van der Waals surface area (Å²) in [6.45, 7) is 0.494. The average molecular weight is 325 g/mol. The van der Waals surface area contributed by atoms with Crippen LogP contribution in [0.15, 0.2) is 36.7 Å². The molecule has 0 radical (unpaired) electrons. The first kappa shape index (κ1) is 14.0. The molecular formula is C16H15N5OS. The van der Waals surface area contributed by atoms with Gasteiger partial charge in [-0.05, 0) is 5.56 Å². The monoisotopic (exact) mass is 325 g/mol. The maximum Gasteiger partial charge on any atom is 0.276 e. The summed E-state index contributed by atoms with van der Waals surface area (Å²) in [4.78, 5) is 14.5. The van der Waals surface area contributed by atoms with Gasteiger partial charge in [0.15, 0.2) is 10.6 Å². The van der Waals surface area contributed by atoms with Gasteiger partial charge in [0.1, 0.15) is 23.2 Å². The van der Waals surface area contributed by atoms with Crippen molar-refractivity contribution in [1.29, 1.82) is 0 Å². The van der Waals surface area contributed by atoms with Gasteiger partial charge in [0, 0.05) is 14.1 Å². The molecule has 4 aromatic rings. The second-order valence-electron chi connectivity index (χ2n) is 5.17. The lowest BCUT2D eigenvalue weighted by Gasteiger charge is -2.01. The summed E-state index contributed by atoms with van der Waals surface area (Å²) < 4.78 is 7.79. The SMILES string of the molecule is CNc1nc2sc(OCc3ccccc3)nc2c2c1ncn2C. The lowest BCUT2D eigenvalue weighted by Crippen LogP contribution is -1.95. The fourth-order valence-corrected chi connectivity index (χ4v) is 3.31. The number of pyridine rings is 1. The highest BCUT2D eigenvalue weighted by atomic mass is 32.1. The van der Waals surface area contributed by atoms with Gasteiger partial charge >= 0.3 is 0 Å². The molecule has 23 heavy (non-hydrogen) atoms. The van der Waals surface area contributed by atoms with Gasteiger partial charge in [-0.2, -0.15) is 4.98 Å². The topological polar surface area (TPSA) is 64.9 Å². The van der Waals surface area contributed by atoms with E-state index in [1.165, 1.54) is 11.3 Å². The zero-order valence-electron chi connectivity index (χ0n) is 12.8. The summed E-state index contributed by atoms with van der Waals surface area (Å²) in [6, 6.07) is 10.0. The minimum absolute atomic E-state index is 0.494. The average Bonchev–Trinajstić information content (AvgIpc) is 3.16. The number of anilines is 1. The highest BCUT2D eigenvalue weighted by Crippen LogP contribution is 2.34. The molecule has 0 aliphatic rings.